The van der Waals surface area contributed by atoms with Gasteiger partial charge in [-0.1, -0.05) is 30.3 Å². The van der Waals surface area contributed by atoms with E-state index in [0.29, 0.717) is 17.7 Å². The van der Waals surface area contributed by atoms with Gasteiger partial charge in [-0.2, -0.15) is 0 Å². The molecule has 2 aromatic carbocycles. The third-order valence-corrected chi connectivity index (χ3v) is 2.94. The Balaban J connectivity index is 1.97. The second-order valence-electron chi connectivity index (χ2n) is 4.51. The molecule has 1 amide bonds. The van der Waals surface area contributed by atoms with Crippen molar-refractivity contribution in [2.75, 3.05) is 11.9 Å². The average molecular weight is 285 g/mol. The van der Waals surface area contributed by atoms with Gasteiger partial charge in [0.25, 0.3) is 0 Å². The molecule has 0 bridgehead atoms. The summed E-state index contributed by atoms with van der Waals surface area (Å²) in [5, 5.41) is 11.5. The van der Waals surface area contributed by atoms with E-state index < -0.39 is 0 Å². The number of anilines is 1. The number of amides is 1. The maximum absolute atomic E-state index is 13.4. The van der Waals surface area contributed by atoms with Gasteiger partial charge in [0, 0.05) is 23.9 Å². The molecule has 0 aliphatic heterocycles. The molecule has 0 saturated carbocycles. The van der Waals surface area contributed by atoms with Crippen molar-refractivity contribution >= 4 is 17.7 Å². The Kier molecular flexibility index (Phi) is 5.23. The topological polar surface area (TPSA) is 49.3 Å². The molecule has 0 radical (unpaired) electrons. The summed E-state index contributed by atoms with van der Waals surface area (Å²) in [5.74, 6) is -0.692. The lowest BCUT2D eigenvalue weighted by Gasteiger charge is -2.04. The van der Waals surface area contributed by atoms with Gasteiger partial charge in [-0.3, -0.25) is 4.79 Å². The first-order valence-corrected chi connectivity index (χ1v) is 6.62. The van der Waals surface area contributed by atoms with E-state index in [1.807, 2.05) is 12.1 Å². The van der Waals surface area contributed by atoms with Crippen LogP contribution in [-0.4, -0.2) is 17.6 Å². The highest BCUT2D eigenvalue weighted by Crippen LogP contribution is 2.11. The zero-order valence-corrected chi connectivity index (χ0v) is 11.4. The number of hydrogen-bond donors (Lipinski definition) is 2. The molecule has 2 aromatic rings. The van der Waals surface area contributed by atoms with Gasteiger partial charge < -0.3 is 10.4 Å². The van der Waals surface area contributed by atoms with Crippen molar-refractivity contribution in [2.45, 2.75) is 6.42 Å². The summed E-state index contributed by atoms with van der Waals surface area (Å²) in [7, 11) is 0. The summed E-state index contributed by atoms with van der Waals surface area (Å²) < 4.78 is 13.4. The summed E-state index contributed by atoms with van der Waals surface area (Å²) in [6.07, 6.45) is 3.31. The molecule has 0 atom stereocenters. The van der Waals surface area contributed by atoms with Crippen LogP contribution in [0.1, 0.15) is 11.1 Å². The fourth-order valence-electron chi connectivity index (χ4n) is 1.84. The maximum Gasteiger partial charge on any atom is 0.248 e. The monoisotopic (exact) mass is 285 g/mol. The van der Waals surface area contributed by atoms with Crippen LogP contribution in [0.3, 0.4) is 0 Å². The quantitative estimate of drug-likeness (QED) is 0.830. The Morgan fingerprint density at radius 3 is 2.52 bits per heavy atom. The highest BCUT2D eigenvalue weighted by Gasteiger charge is 2.00. The van der Waals surface area contributed by atoms with Gasteiger partial charge in [-0.25, -0.2) is 4.39 Å². The molecule has 0 fully saturated rings. The lowest BCUT2D eigenvalue weighted by Crippen LogP contribution is -2.07. The normalized spacial score (nSPS) is 10.8. The van der Waals surface area contributed by atoms with Crippen LogP contribution in [0.2, 0.25) is 0 Å². The number of carbonyl (C=O) groups excluding carboxylic acids is 1. The minimum absolute atomic E-state index is 0.0943. The largest absolute Gasteiger partial charge is 0.396 e. The molecular formula is C17H16FNO2. The number of nitrogens with one attached hydrogen (secondary N) is 1. The van der Waals surface area contributed by atoms with Gasteiger partial charge in [0.2, 0.25) is 5.91 Å². The summed E-state index contributed by atoms with van der Waals surface area (Å²) in [6.45, 7) is 0.0943. The van der Waals surface area contributed by atoms with Crippen molar-refractivity contribution in [3.63, 3.8) is 0 Å². The summed E-state index contributed by atoms with van der Waals surface area (Å²) in [6, 6.07) is 13.5. The molecule has 0 aliphatic carbocycles. The van der Waals surface area contributed by atoms with Crippen molar-refractivity contribution in [1.29, 1.82) is 0 Å². The van der Waals surface area contributed by atoms with E-state index in [-0.39, 0.29) is 18.3 Å². The number of halogens is 1. The molecule has 108 valence electrons. The van der Waals surface area contributed by atoms with Gasteiger partial charge in [-0.15, -0.1) is 0 Å². The smallest absolute Gasteiger partial charge is 0.248 e. The number of rotatable bonds is 5. The number of aliphatic hydroxyl groups is 1. The van der Waals surface area contributed by atoms with Gasteiger partial charge >= 0.3 is 0 Å². The van der Waals surface area contributed by atoms with Gasteiger partial charge in [-0.05, 0) is 36.3 Å². The zero-order chi connectivity index (χ0) is 15.1. The molecule has 0 unspecified atom stereocenters. The lowest BCUT2D eigenvalue weighted by molar-refractivity contribution is -0.111. The van der Waals surface area contributed by atoms with E-state index in [9.17, 15) is 9.18 Å². The van der Waals surface area contributed by atoms with Crippen LogP contribution in [0.5, 0.6) is 0 Å². The molecule has 0 heterocycles. The fraction of sp³-hybridized carbons (Fsp3) is 0.118. The Labute approximate surface area is 122 Å². The molecule has 0 saturated heterocycles. The predicted octanol–water partition coefficient (Wildman–Crippen LogP) is 3.01. The Morgan fingerprint density at radius 2 is 1.86 bits per heavy atom. The molecule has 0 aromatic heterocycles. The third kappa shape index (κ3) is 4.54. The second-order valence-corrected chi connectivity index (χ2v) is 4.51. The molecule has 0 aliphatic rings. The van der Waals surface area contributed by atoms with Gasteiger partial charge in [0.1, 0.15) is 5.82 Å². The van der Waals surface area contributed by atoms with E-state index >= 15 is 0 Å². The molecular weight excluding hydrogens is 269 g/mol. The van der Waals surface area contributed by atoms with Crippen LogP contribution in [0.15, 0.2) is 54.6 Å². The first-order valence-electron chi connectivity index (χ1n) is 6.62. The fourth-order valence-corrected chi connectivity index (χ4v) is 1.84. The maximum atomic E-state index is 13.4. The molecule has 2 rings (SSSR count). The SMILES string of the molecule is O=C(/C=C/c1ccccc1F)Nc1ccc(CCO)cc1. The molecule has 4 heteroatoms. The number of benzene rings is 2. The first-order chi connectivity index (χ1) is 10.2. The minimum Gasteiger partial charge on any atom is -0.396 e. The highest BCUT2D eigenvalue weighted by molar-refractivity contribution is 6.01. The van der Waals surface area contributed by atoms with Crippen LogP contribution in [-0.2, 0) is 11.2 Å². The van der Waals surface area contributed by atoms with Crippen molar-refractivity contribution in [3.05, 3.63) is 71.6 Å². The first kappa shape index (κ1) is 14.9. The van der Waals surface area contributed by atoms with Crippen molar-refractivity contribution in [3.8, 4) is 0 Å². The van der Waals surface area contributed by atoms with Crippen molar-refractivity contribution in [1.82, 2.24) is 0 Å². The van der Waals surface area contributed by atoms with Crippen LogP contribution < -0.4 is 5.32 Å². The van der Waals surface area contributed by atoms with E-state index in [1.165, 1.54) is 18.2 Å². The van der Waals surface area contributed by atoms with Gasteiger partial charge in [0.05, 0.1) is 0 Å². The average Bonchev–Trinajstić information content (AvgIpc) is 2.49. The van der Waals surface area contributed by atoms with E-state index in [2.05, 4.69) is 5.32 Å². The summed E-state index contributed by atoms with van der Waals surface area (Å²) in [4.78, 5) is 11.7. The molecule has 3 nitrogen and oxygen atoms in total. The Hall–Kier alpha value is -2.46. The minimum atomic E-state index is -0.366. The lowest BCUT2D eigenvalue weighted by atomic mass is 10.1. The standard InChI is InChI=1S/C17H16FNO2/c18-16-4-2-1-3-14(16)7-10-17(21)19-15-8-5-13(6-9-15)11-12-20/h1-10,20H,11-12H2,(H,19,21)/b10-7+. The molecule has 0 spiro atoms. The zero-order valence-electron chi connectivity index (χ0n) is 11.4. The van der Waals surface area contributed by atoms with Crippen molar-refractivity contribution < 1.29 is 14.3 Å². The van der Waals surface area contributed by atoms with Crippen LogP contribution in [0.4, 0.5) is 10.1 Å². The van der Waals surface area contributed by atoms with Crippen LogP contribution in [0, 0.1) is 5.82 Å². The highest BCUT2D eigenvalue weighted by atomic mass is 19.1. The van der Waals surface area contributed by atoms with Crippen LogP contribution >= 0.6 is 0 Å². The summed E-state index contributed by atoms with van der Waals surface area (Å²) >= 11 is 0. The van der Waals surface area contributed by atoms with Gasteiger partial charge in [0.15, 0.2) is 0 Å². The van der Waals surface area contributed by atoms with Crippen LogP contribution in [0.25, 0.3) is 6.08 Å². The number of carbonyl (C=O) groups is 1. The molecule has 2 N–H and O–H groups in total. The van der Waals surface area contributed by atoms with E-state index in [1.54, 1.807) is 30.3 Å². The Morgan fingerprint density at radius 1 is 1.14 bits per heavy atom. The third-order valence-electron chi connectivity index (χ3n) is 2.94. The number of aliphatic hydroxyl groups excluding tert-OH is 1. The Bertz CT molecular complexity index is 635. The number of hydrogen-bond acceptors (Lipinski definition) is 2. The van der Waals surface area contributed by atoms with E-state index in [4.69, 9.17) is 5.11 Å². The summed E-state index contributed by atoms with van der Waals surface area (Å²) in [5.41, 5.74) is 2.02. The molecule has 21 heavy (non-hydrogen) atoms. The van der Waals surface area contributed by atoms with Crippen molar-refractivity contribution in [2.24, 2.45) is 0 Å². The second kappa shape index (κ2) is 7.36. The predicted molar refractivity (Wildman–Crippen MR) is 81.3 cm³/mol. The van der Waals surface area contributed by atoms with E-state index in [0.717, 1.165) is 5.56 Å².